The topological polar surface area (TPSA) is 63.4 Å². The average molecular weight is 381 g/mol. The molecule has 0 bridgehead atoms. The van der Waals surface area contributed by atoms with Crippen LogP contribution in [0, 0.1) is 5.92 Å². The van der Waals surface area contributed by atoms with Crippen LogP contribution >= 0.6 is 0 Å². The number of hydrogen-bond acceptors (Lipinski definition) is 4. The summed E-state index contributed by atoms with van der Waals surface area (Å²) in [6.45, 7) is 3.41. The Morgan fingerprint density at radius 1 is 1.00 bits per heavy atom. The number of nitrogens with zero attached hydrogens (tertiary/aromatic N) is 1. The highest BCUT2D eigenvalue weighted by Crippen LogP contribution is 2.32. The van der Waals surface area contributed by atoms with Crippen LogP contribution in [0.5, 0.6) is 0 Å². The van der Waals surface area contributed by atoms with Gasteiger partial charge in [0.15, 0.2) is 9.84 Å². The van der Waals surface area contributed by atoms with E-state index in [1.165, 1.54) is 76.3 Å². The molecule has 1 saturated heterocycles. The summed E-state index contributed by atoms with van der Waals surface area (Å²) >= 11 is 0. The van der Waals surface area contributed by atoms with Crippen LogP contribution in [0.3, 0.4) is 0 Å². The van der Waals surface area contributed by atoms with E-state index in [1.807, 2.05) is 12.1 Å². The first-order valence-electron chi connectivity index (χ1n) is 10.1. The molecule has 1 heterocycles. The van der Waals surface area contributed by atoms with Crippen molar-refractivity contribution in [3.63, 3.8) is 0 Å². The summed E-state index contributed by atoms with van der Waals surface area (Å²) in [6, 6.07) is 7.43. The maximum atomic E-state index is 11.3. The number of hydrogen-bond donors (Lipinski definition) is 1. The molecule has 26 heavy (non-hydrogen) atoms. The molecule has 0 amide bonds. The second kappa shape index (κ2) is 10.4. The van der Waals surface area contributed by atoms with Crippen molar-refractivity contribution in [2.75, 3.05) is 32.9 Å². The van der Waals surface area contributed by atoms with E-state index in [9.17, 15) is 8.42 Å². The molecule has 2 fully saturated rings. The number of sulfone groups is 1. The second-order valence-electron chi connectivity index (χ2n) is 8.00. The van der Waals surface area contributed by atoms with Crippen LogP contribution in [-0.2, 0) is 9.84 Å². The van der Waals surface area contributed by atoms with Crippen LogP contribution in [0.15, 0.2) is 29.2 Å². The molecular formula is C21H36N2O2S. The molecule has 2 aliphatic rings. The van der Waals surface area contributed by atoms with Crippen LogP contribution in [0.4, 0.5) is 0 Å². The molecule has 2 N–H and O–H groups in total. The average Bonchev–Trinajstić information content (AvgIpc) is 2.65. The summed E-state index contributed by atoms with van der Waals surface area (Å²) in [6.07, 6.45) is 11.6. The lowest BCUT2D eigenvalue weighted by Crippen LogP contribution is -2.30. The summed E-state index contributed by atoms with van der Waals surface area (Å²) in [5.41, 5.74) is 6.78. The highest BCUT2D eigenvalue weighted by Gasteiger charge is 2.16. The minimum Gasteiger partial charge on any atom is -0.330 e. The van der Waals surface area contributed by atoms with E-state index in [1.54, 1.807) is 12.1 Å². The molecule has 1 aromatic rings. The summed E-state index contributed by atoms with van der Waals surface area (Å²) in [4.78, 5) is 2.82. The van der Waals surface area contributed by atoms with Crippen molar-refractivity contribution in [2.45, 2.75) is 62.2 Å². The summed E-state index contributed by atoms with van der Waals surface area (Å²) < 4.78 is 22.6. The number of piperidine rings is 1. The molecule has 148 valence electrons. The van der Waals surface area contributed by atoms with E-state index < -0.39 is 9.84 Å². The summed E-state index contributed by atoms with van der Waals surface area (Å²) in [7, 11) is -0.857. The molecule has 1 aliphatic heterocycles. The maximum Gasteiger partial charge on any atom is 0.175 e. The minimum absolute atomic E-state index is 0.423. The van der Waals surface area contributed by atoms with Crippen LogP contribution in [-0.4, -0.2) is 46.3 Å². The van der Waals surface area contributed by atoms with Crippen molar-refractivity contribution < 1.29 is 8.42 Å². The van der Waals surface area contributed by atoms with Gasteiger partial charge in [0.25, 0.3) is 0 Å². The zero-order valence-corrected chi connectivity index (χ0v) is 17.3. The lowest BCUT2D eigenvalue weighted by molar-refractivity contribution is 0.214. The molecule has 1 aromatic carbocycles. The molecular weight excluding hydrogens is 344 g/mol. The monoisotopic (exact) mass is 380 g/mol. The molecule has 1 saturated carbocycles. The summed E-state index contributed by atoms with van der Waals surface area (Å²) in [5.74, 6) is 1.56. The third-order valence-electron chi connectivity index (χ3n) is 5.80. The smallest absolute Gasteiger partial charge is 0.175 e. The largest absolute Gasteiger partial charge is 0.330 e. The first-order chi connectivity index (χ1) is 12.4. The van der Waals surface area contributed by atoms with Gasteiger partial charge in [0.1, 0.15) is 0 Å². The zero-order valence-electron chi connectivity index (χ0n) is 16.5. The highest BCUT2D eigenvalue weighted by molar-refractivity contribution is 7.90. The Balaban J connectivity index is 0.000000209. The van der Waals surface area contributed by atoms with Crippen LogP contribution in [0.25, 0.3) is 0 Å². The third-order valence-corrected chi connectivity index (χ3v) is 6.93. The van der Waals surface area contributed by atoms with Crippen molar-refractivity contribution in [1.82, 2.24) is 4.90 Å². The Kier molecular flexibility index (Phi) is 8.58. The third kappa shape index (κ3) is 7.01. The van der Waals surface area contributed by atoms with Gasteiger partial charge in [-0.2, -0.15) is 0 Å². The lowest BCUT2D eigenvalue weighted by atomic mass is 9.84. The molecule has 4 nitrogen and oxygen atoms in total. The zero-order chi connectivity index (χ0) is 19.0. The van der Waals surface area contributed by atoms with E-state index in [0.29, 0.717) is 10.8 Å². The van der Waals surface area contributed by atoms with E-state index in [0.717, 1.165) is 12.5 Å². The highest BCUT2D eigenvalue weighted by atomic mass is 32.2. The van der Waals surface area contributed by atoms with Gasteiger partial charge in [0.05, 0.1) is 4.90 Å². The van der Waals surface area contributed by atoms with Crippen molar-refractivity contribution in [3.8, 4) is 0 Å². The van der Waals surface area contributed by atoms with Crippen molar-refractivity contribution in [3.05, 3.63) is 29.8 Å². The van der Waals surface area contributed by atoms with Crippen LogP contribution < -0.4 is 5.73 Å². The fraction of sp³-hybridized carbons (Fsp3) is 0.714. The van der Waals surface area contributed by atoms with Crippen molar-refractivity contribution >= 4 is 9.84 Å². The quantitative estimate of drug-likeness (QED) is 0.862. The van der Waals surface area contributed by atoms with Gasteiger partial charge in [-0.1, -0.05) is 31.4 Å². The molecule has 5 heteroatoms. The fourth-order valence-electron chi connectivity index (χ4n) is 4.01. The van der Waals surface area contributed by atoms with Crippen molar-refractivity contribution in [2.24, 2.45) is 11.7 Å². The number of nitrogens with two attached hydrogens (primary N) is 1. The molecule has 0 radical (unpaired) electrons. The van der Waals surface area contributed by atoms with Gasteiger partial charge in [0, 0.05) is 6.26 Å². The summed E-state index contributed by atoms with van der Waals surface area (Å²) in [5, 5.41) is 0. The minimum atomic E-state index is -3.05. The fourth-order valence-corrected chi connectivity index (χ4v) is 4.64. The Hall–Kier alpha value is -0.910. The number of rotatable bonds is 4. The Morgan fingerprint density at radius 2 is 1.58 bits per heavy atom. The van der Waals surface area contributed by atoms with Crippen LogP contribution in [0.1, 0.15) is 62.8 Å². The number of likely N-dealkylation sites (tertiary alicyclic amines) is 1. The lowest BCUT2D eigenvalue weighted by Gasteiger charge is -2.28. The first-order valence-corrected chi connectivity index (χ1v) is 12.0. The molecule has 0 unspecified atom stereocenters. The number of benzene rings is 1. The molecule has 0 spiro atoms. The van der Waals surface area contributed by atoms with Gasteiger partial charge in [-0.05, 0) is 88.3 Å². The van der Waals surface area contributed by atoms with Crippen LogP contribution in [0.2, 0.25) is 0 Å². The SMILES string of the molecule is CN1CCC(CCN)CC1.CS(=O)(=O)c1ccc(C2CCCCC2)cc1. The van der Waals surface area contributed by atoms with E-state index in [-0.39, 0.29) is 0 Å². The predicted molar refractivity (Wildman–Crippen MR) is 109 cm³/mol. The Bertz CT molecular complexity index is 614. The van der Waals surface area contributed by atoms with Gasteiger partial charge >= 0.3 is 0 Å². The normalized spacial score (nSPS) is 20.4. The Labute approximate surface area is 160 Å². The predicted octanol–water partition coefficient (Wildman–Crippen LogP) is 3.81. The maximum absolute atomic E-state index is 11.3. The molecule has 0 atom stereocenters. The van der Waals surface area contributed by atoms with Gasteiger partial charge in [-0.15, -0.1) is 0 Å². The second-order valence-corrected chi connectivity index (χ2v) is 10.0. The van der Waals surface area contributed by atoms with E-state index in [2.05, 4.69) is 11.9 Å². The van der Waals surface area contributed by atoms with Gasteiger partial charge < -0.3 is 10.6 Å². The molecule has 3 rings (SSSR count). The molecule has 0 aromatic heterocycles. The molecule has 1 aliphatic carbocycles. The first kappa shape index (κ1) is 21.4. The van der Waals surface area contributed by atoms with Gasteiger partial charge in [-0.3, -0.25) is 0 Å². The van der Waals surface area contributed by atoms with Gasteiger partial charge in [0.2, 0.25) is 0 Å². The van der Waals surface area contributed by atoms with E-state index in [4.69, 9.17) is 5.73 Å². The van der Waals surface area contributed by atoms with Crippen molar-refractivity contribution in [1.29, 1.82) is 0 Å². The van der Waals surface area contributed by atoms with Gasteiger partial charge in [-0.25, -0.2) is 8.42 Å². The van der Waals surface area contributed by atoms with E-state index >= 15 is 0 Å². The standard InChI is InChI=1S/C13H18O2S.C8H18N2/c1-16(14,15)13-9-7-12(8-10-13)11-5-3-2-4-6-11;1-10-6-3-8(2-5-9)4-7-10/h7-11H,2-6H2,1H3;8H,2-7,9H2,1H3. The Morgan fingerprint density at radius 3 is 2.08 bits per heavy atom.